The van der Waals surface area contributed by atoms with E-state index in [1.165, 1.54) is 0 Å². The molecule has 0 bridgehead atoms. The van der Waals surface area contributed by atoms with Gasteiger partial charge in [0.05, 0.1) is 13.2 Å². The molecule has 0 amide bonds. The molecule has 6 aromatic rings. The second-order valence-corrected chi connectivity index (χ2v) is 14.3. The third-order valence-electron chi connectivity index (χ3n) is 8.76. The maximum absolute atomic E-state index is 9.51. The normalized spacial score (nSPS) is 12.1. The molecule has 320 valence electrons. The quantitative estimate of drug-likeness (QED) is 0.0639. The Morgan fingerprint density at radius 1 is 0.550 bits per heavy atom. The second-order valence-electron chi connectivity index (χ2n) is 14.3. The molecule has 18 heteroatoms. The van der Waals surface area contributed by atoms with Crippen molar-refractivity contribution < 1.29 is 38.9 Å². The molecule has 0 saturated carbocycles. The first-order valence-electron chi connectivity index (χ1n) is 19.8. The summed E-state index contributed by atoms with van der Waals surface area (Å²) in [4.78, 5) is 26.7. The highest BCUT2D eigenvalue weighted by atomic mass is 16.5. The molecule has 0 aliphatic rings. The Bertz CT molecular complexity index is 2120. The average Bonchev–Trinajstić information content (AvgIpc) is 3.93. The minimum atomic E-state index is -0.920. The Morgan fingerprint density at radius 2 is 0.917 bits per heavy atom. The Balaban J connectivity index is 0.000000228. The van der Waals surface area contributed by atoms with Crippen LogP contribution in [0.3, 0.4) is 0 Å². The summed E-state index contributed by atoms with van der Waals surface area (Å²) in [7, 11) is 0. The Hall–Kier alpha value is -6.08. The van der Waals surface area contributed by atoms with Gasteiger partial charge in [-0.3, -0.25) is 0 Å². The number of nitrogens with one attached hydrogen (secondary N) is 2. The summed E-state index contributed by atoms with van der Waals surface area (Å²) in [6.07, 6.45) is 0.0937. The van der Waals surface area contributed by atoms with Gasteiger partial charge in [-0.1, -0.05) is 24.2 Å². The third kappa shape index (κ3) is 12.0. The fourth-order valence-corrected chi connectivity index (χ4v) is 5.96. The van der Waals surface area contributed by atoms with Crippen molar-refractivity contribution in [1.29, 1.82) is 0 Å². The van der Waals surface area contributed by atoms with Crippen LogP contribution in [0.2, 0.25) is 0 Å². The summed E-state index contributed by atoms with van der Waals surface area (Å²) >= 11 is 0. The number of rotatable bonds is 18. The van der Waals surface area contributed by atoms with Gasteiger partial charge in [-0.15, -0.1) is 0 Å². The minimum Gasteiger partial charge on any atom is -0.490 e. The number of aliphatic hydroxyl groups is 4. The number of nitrogens with zero attached hydrogens (tertiary/aromatic N) is 8. The van der Waals surface area contributed by atoms with E-state index in [9.17, 15) is 10.2 Å². The predicted molar refractivity (Wildman–Crippen MR) is 225 cm³/mol. The van der Waals surface area contributed by atoms with Gasteiger partial charge < -0.3 is 49.6 Å². The largest absolute Gasteiger partial charge is 0.490 e. The van der Waals surface area contributed by atoms with Gasteiger partial charge in [0.25, 0.3) is 11.8 Å². The van der Waals surface area contributed by atoms with Crippen molar-refractivity contribution in [3.8, 4) is 57.4 Å². The summed E-state index contributed by atoms with van der Waals surface area (Å²) in [6, 6.07) is 11.2. The van der Waals surface area contributed by atoms with Gasteiger partial charge in [-0.2, -0.15) is 9.97 Å². The van der Waals surface area contributed by atoms with Crippen molar-refractivity contribution in [2.45, 2.75) is 80.4 Å². The SMILES string of the molecule is CCCNc1nc(C)cc(-c2nc(-c3cc(C)c(OCC(O)CO)c(C)c3)no2)n1.CCCNc1nc(C)cc(-c2nc(-c3cc(C)c(OCC(O)CO)c(C)c3)no2)n1. The molecular weight excluding hydrogens is 773 g/mol. The molecule has 0 aliphatic heterocycles. The second kappa shape index (κ2) is 21.3. The smallest absolute Gasteiger partial charge is 0.277 e. The van der Waals surface area contributed by atoms with Crippen molar-refractivity contribution in [3.63, 3.8) is 0 Å². The van der Waals surface area contributed by atoms with Gasteiger partial charge in [-0.25, -0.2) is 19.9 Å². The molecule has 2 atom stereocenters. The van der Waals surface area contributed by atoms with Gasteiger partial charge in [0.15, 0.2) is 0 Å². The van der Waals surface area contributed by atoms with Crippen molar-refractivity contribution in [2.24, 2.45) is 0 Å². The van der Waals surface area contributed by atoms with Crippen molar-refractivity contribution >= 4 is 11.9 Å². The first-order valence-corrected chi connectivity index (χ1v) is 19.8. The van der Waals surface area contributed by atoms with Gasteiger partial charge in [0.1, 0.15) is 48.3 Å². The van der Waals surface area contributed by atoms with E-state index in [-0.39, 0.29) is 26.4 Å². The van der Waals surface area contributed by atoms with Crippen LogP contribution < -0.4 is 20.1 Å². The summed E-state index contributed by atoms with van der Waals surface area (Å²) < 4.78 is 22.2. The van der Waals surface area contributed by atoms with Crippen LogP contribution in [0.1, 0.15) is 60.3 Å². The van der Waals surface area contributed by atoms with E-state index >= 15 is 0 Å². The van der Waals surface area contributed by atoms with Gasteiger partial charge >= 0.3 is 0 Å². The molecular formula is C42H54N10O8. The molecule has 0 spiro atoms. The van der Waals surface area contributed by atoms with E-state index in [2.05, 4.69) is 64.7 Å². The summed E-state index contributed by atoms with van der Waals surface area (Å²) in [6.45, 7) is 16.4. The first kappa shape index (κ1) is 45.0. The highest BCUT2D eigenvalue weighted by Crippen LogP contribution is 2.32. The van der Waals surface area contributed by atoms with Crippen LogP contribution in [-0.2, 0) is 0 Å². The molecule has 6 N–H and O–H groups in total. The number of anilines is 2. The Morgan fingerprint density at radius 3 is 1.25 bits per heavy atom. The maximum Gasteiger partial charge on any atom is 0.277 e. The van der Waals surface area contributed by atoms with Crippen LogP contribution in [0.25, 0.3) is 45.9 Å². The Kier molecular flexibility index (Phi) is 15.9. The first-order chi connectivity index (χ1) is 28.8. The number of aromatic nitrogens is 8. The van der Waals surface area contributed by atoms with Crippen LogP contribution in [0.5, 0.6) is 11.5 Å². The minimum absolute atomic E-state index is 0.0192. The van der Waals surface area contributed by atoms with Crippen LogP contribution in [0.15, 0.2) is 45.4 Å². The van der Waals surface area contributed by atoms with Crippen molar-refractivity contribution in [3.05, 3.63) is 70.0 Å². The Labute approximate surface area is 348 Å². The molecule has 4 heterocycles. The van der Waals surface area contributed by atoms with Crippen LogP contribution in [-0.4, -0.2) is 112 Å². The van der Waals surface area contributed by atoms with E-state index in [4.69, 9.17) is 28.7 Å². The lowest BCUT2D eigenvalue weighted by atomic mass is 10.1. The maximum atomic E-state index is 9.51. The van der Waals surface area contributed by atoms with Crippen molar-refractivity contribution in [2.75, 3.05) is 50.2 Å². The molecule has 0 saturated heterocycles. The number of aliphatic hydroxyl groups excluding tert-OH is 4. The molecule has 2 unspecified atom stereocenters. The highest BCUT2D eigenvalue weighted by Gasteiger charge is 2.19. The fourth-order valence-electron chi connectivity index (χ4n) is 5.96. The molecule has 60 heavy (non-hydrogen) atoms. The lowest BCUT2D eigenvalue weighted by Gasteiger charge is -2.15. The van der Waals surface area contributed by atoms with Gasteiger partial charge in [0, 0.05) is 35.6 Å². The molecule has 6 rings (SSSR count). The fraction of sp³-hybridized carbons (Fsp3) is 0.429. The van der Waals surface area contributed by atoms with E-state index in [0.29, 0.717) is 58.2 Å². The van der Waals surface area contributed by atoms with Crippen LogP contribution in [0.4, 0.5) is 11.9 Å². The molecule has 18 nitrogen and oxygen atoms in total. The van der Waals surface area contributed by atoms with E-state index in [1.807, 2.05) is 65.8 Å². The van der Waals surface area contributed by atoms with Crippen molar-refractivity contribution in [1.82, 2.24) is 40.2 Å². The zero-order valence-corrected chi connectivity index (χ0v) is 35.3. The molecule has 0 radical (unpaired) electrons. The lowest BCUT2D eigenvalue weighted by molar-refractivity contribution is 0.0532. The number of ether oxygens (including phenoxy) is 2. The van der Waals surface area contributed by atoms with Crippen LogP contribution in [0, 0.1) is 41.5 Å². The van der Waals surface area contributed by atoms with E-state index in [1.54, 1.807) is 12.1 Å². The van der Waals surface area contributed by atoms with E-state index < -0.39 is 12.2 Å². The van der Waals surface area contributed by atoms with Gasteiger partial charge in [-0.05, 0) is 113 Å². The topological polar surface area (TPSA) is 253 Å². The molecule has 0 fully saturated rings. The summed E-state index contributed by atoms with van der Waals surface area (Å²) in [5, 5.41) is 51.5. The summed E-state index contributed by atoms with van der Waals surface area (Å²) in [5.74, 6) is 3.90. The number of benzene rings is 2. The highest BCUT2D eigenvalue weighted by molar-refractivity contribution is 5.64. The third-order valence-corrected chi connectivity index (χ3v) is 8.76. The summed E-state index contributed by atoms with van der Waals surface area (Å²) in [5.41, 5.74) is 7.76. The molecule has 0 aliphatic carbocycles. The van der Waals surface area contributed by atoms with Gasteiger partial charge in [0.2, 0.25) is 23.5 Å². The number of aryl methyl sites for hydroxylation is 6. The zero-order valence-electron chi connectivity index (χ0n) is 35.3. The monoisotopic (exact) mass is 826 g/mol. The standard InChI is InChI=1S/2C21H27N5O4/c2*1-5-6-22-21-23-14(4)9-17(24-21)20-25-19(26-30-20)15-7-12(2)18(13(3)8-15)29-11-16(28)10-27/h2*7-9,16,27-28H,5-6,10-11H2,1-4H3,(H,22,23,24). The average molecular weight is 827 g/mol. The van der Waals surface area contributed by atoms with Crippen LogP contribution >= 0.6 is 0 Å². The molecule has 2 aromatic carbocycles. The number of hydrogen-bond donors (Lipinski definition) is 6. The predicted octanol–water partition coefficient (Wildman–Crippen LogP) is 5.35. The molecule has 4 aromatic heterocycles. The zero-order chi connectivity index (χ0) is 43.3. The number of hydrogen-bond acceptors (Lipinski definition) is 18. The lowest BCUT2D eigenvalue weighted by Crippen LogP contribution is -2.21. The van der Waals surface area contributed by atoms with E-state index in [0.717, 1.165) is 70.7 Å².